The molecule has 9 heteroatoms. The second kappa shape index (κ2) is 8.53. The number of carboxylic acids is 1. The van der Waals surface area contributed by atoms with Crippen molar-refractivity contribution in [2.75, 3.05) is 0 Å². The van der Waals surface area contributed by atoms with Crippen LogP contribution in [0.1, 0.15) is 6.92 Å². The number of hydrogen-bond acceptors (Lipinski definition) is 4. The molecule has 0 aliphatic rings. The molecule has 70 valence electrons. The Morgan fingerprint density at radius 1 is 1.33 bits per heavy atom. The zero-order valence-corrected chi connectivity index (χ0v) is 6.32. The van der Waals surface area contributed by atoms with Crippen molar-refractivity contribution < 1.29 is 32.5 Å². The van der Waals surface area contributed by atoms with Crippen molar-refractivity contribution in [2.45, 2.75) is 13.0 Å². The van der Waals surface area contributed by atoms with Gasteiger partial charge in [0.1, 0.15) is 6.10 Å². The average Bonchev–Trinajstić information content (AvgIpc) is 1.59. The molecule has 1 atom stereocenters. The predicted molar refractivity (Wildman–Crippen MR) is 40.6 cm³/mol. The van der Waals surface area contributed by atoms with Crippen LogP contribution in [-0.4, -0.2) is 91.2 Å². The van der Waals surface area contributed by atoms with Crippen LogP contribution in [0.3, 0.4) is 0 Å². The minimum atomic E-state index is -4.67. The molecule has 0 aromatic rings. The minimum absolute atomic E-state index is 0. The van der Waals surface area contributed by atoms with Gasteiger partial charge in [0.05, 0.1) is 0 Å². The van der Waals surface area contributed by atoms with E-state index in [1.54, 1.807) is 0 Å². The van der Waals surface area contributed by atoms with Crippen LogP contribution in [0, 0.1) is 0 Å². The fourth-order valence-corrected chi connectivity index (χ4v) is 0. The fraction of sp³-hybridized carbons (Fsp3) is 0.667. The Bertz CT molecular complexity index is 199. The Labute approximate surface area is 112 Å². The average molecular weight is 228 g/mol. The summed E-state index contributed by atoms with van der Waals surface area (Å²) in [6.07, 6.45) is -1.23. The van der Waals surface area contributed by atoms with E-state index in [1.165, 1.54) is 6.92 Å². The molecule has 0 fully saturated rings. The molecular weight excluding hydrogens is 219 g/mol. The molecule has 0 saturated carbocycles. The Balaban J connectivity index is -0.000000126. The zero-order valence-electron chi connectivity index (χ0n) is 5.50. The van der Waals surface area contributed by atoms with Crippen LogP contribution in [0.15, 0.2) is 0 Å². The maximum absolute atomic E-state index is 9.45. The van der Waals surface area contributed by atoms with Gasteiger partial charge in [0, 0.05) is 0 Å². The van der Waals surface area contributed by atoms with Gasteiger partial charge in [-0.3, -0.25) is 9.11 Å². The SMILES string of the molecule is CC(O)C(=O)O.O=S(=O)(O)O.[KH]. The molecule has 0 aromatic heterocycles. The van der Waals surface area contributed by atoms with Gasteiger partial charge in [0.2, 0.25) is 0 Å². The number of hydrogen-bond donors (Lipinski definition) is 4. The number of rotatable bonds is 1. The number of carbonyl (C=O) groups is 1. The van der Waals surface area contributed by atoms with Crippen molar-refractivity contribution in [3.05, 3.63) is 0 Å². The summed E-state index contributed by atoms with van der Waals surface area (Å²) in [5.74, 6) is -1.19. The first kappa shape index (κ1) is 18.7. The van der Waals surface area contributed by atoms with E-state index in [0.29, 0.717) is 0 Å². The Kier molecular flexibility index (Phi) is 13.3. The van der Waals surface area contributed by atoms with Crippen LogP contribution in [0.4, 0.5) is 0 Å². The van der Waals surface area contributed by atoms with Gasteiger partial charge in [-0.05, 0) is 6.92 Å². The van der Waals surface area contributed by atoms with Crippen LogP contribution in [-0.2, 0) is 15.2 Å². The normalized spacial score (nSPS) is 11.7. The van der Waals surface area contributed by atoms with E-state index in [1.807, 2.05) is 0 Å². The summed E-state index contributed by atoms with van der Waals surface area (Å²) in [5, 5.41) is 15.8. The third-order valence-corrected chi connectivity index (χ3v) is 0.357. The maximum atomic E-state index is 9.45. The molecule has 0 radical (unpaired) electrons. The van der Waals surface area contributed by atoms with E-state index in [0.717, 1.165) is 0 Å². The third-order valence-electron chi connectivity index (χ3n) is 0.357. The van der Waals surface area contributed by atoms with Crippen LogP contribution >= 0.6 is 0 Å². The van der Waals surface area contributed by atoms with E-state index >= 15 is 0 Å². The Hall–Kier alpha value is 0.936. The predicted octanol–water partition coefficient (Wildman–Crippen LogP) is -1.85. The molecule has 0 spiro atoms. The van der Waals surface area contributed by atoms with Gasteiger partial charge in [-0.15, -0.1) is 0 Å². The van der Waals surface area contributed by atoms with E-state index in [9.17, 15) is 4.79 Å². The molecule has 0 saturated heterocycles. The van der Waals surface area contributed by atoms with Crippen molar-refractivity contribution in [3.8, 4) is 0 Å². The molecular formula is C3H9KO7S. The van der Waals surface area contributed by atoms with Gasteiger partial charge >= 0.3 is 67.8 Å². The first-order valence-electron chi connectivity index (χ1n) is 2.25. The summed E-state index contributed by atoms with van der Waals surface area (Å²) in [4.78, 5) is 9.45. The van der Waals surface area contributed by atoms with E-state index in [2.05, 4.69) is 0 Å². The molecule has 0 amide bonds. The second-order valence-corrected chi connectivity index (χ2v) is 2.36. The molecule has 0 bridgehead atoms. The monoisotopic (exact) mass is 228 g/mol. The van der Waals surface area contributed by atoms with Crippen molar-refractivity contribution in [1.82, 2.24) is 0 Å². The van der Waals surface area contributed by atoms with Crippen LogP contribution in [0.25, 0.3) is 0 Å². The second-order valence-electron chi connectivity index (χ2n) is 1.46. The van der Waals surface area contributed by atoms with Gasteiger partial charge in [0.25, 0.3) is 0 Å². The number of aliphatic carboxylic acids is 1. The first-order chi connectivity index (χ1) is 4.64. The number of aliphatic hydroxyl groups excluding tert-OH is 1. The van der Waals surface area contributed by atoms with Crippen LogP contribution in [0.5, 0.6) is 0 Å². The number of aliphatic hydroxyl groups is 1. The summed E-state index contributed by atoms with van der Waals surface area (Å²) in [5.41, 5.74) is 0. The van der Waals surface area contributed by atoms with E-state index < -0.39 is 22.5 Å². The number of carboxylic acid groups (broad SMARTS) is 1. The van der Waals surface area contributed by atoms with Crippen LogP contribution in [0.2, 0.25) is 0 Å². The van der Waals surface area contributed by atoms with Gasteiger partial charge in [-0.2, -0.15) is 8.42 Å². The quantitative estimate of drug-likeness (QED) is 0.306. The summed E-state index contributed by atoms with van der Waals surface area (Å²) >= 11 is 0. The van der Waals surface area contributed by atoms with Gasteiger partial charge in [-0.1, -0.05) is 0 Å². The summed E-state index contributed by atoms with van der Waals surface area (Å²) < 4.78 is 31.6. The Morgan fingerprint density at radius 3 is 1.42 bits per heavy atom. The van der Waals surface area contributed by atoms with Gasteiger partial charge in [-0.25, -0.2) is 4.79 Å². The summed E-state index contributed by atoms with van der Waals surface area (Å²) in [7, 11) is -4.67. The third kappa shape index (κ3) is 44.3. The summed E-state index contributed by atoms with van der Waals surface area (Å²) in [6, 6.07) is 0. The first-order valence-corrected chi connectivity index (χ1v) is 3.65. The Morgan fingerprint density at radius 2 is 1.42 bits per heavy atom. The van der Waals surface area contributed by atoms with E-state index in [4.69, 9.17) is 27.7 Å². The molecule has 12 heavy (non-hydrogen) atoms. The van der Waals surface area contributed by atoms with Gasteiger partial charge in [0.15, 0.2) is 0 Å². The van der Waals surface area contributed by atoms with Crippen molar-refractivity contribution >= 4 is 67.8 Å². The van der Waals surface area contributed by atoms with Crippen molar-refractivity contribution in [1.29, 1.82) is 0 Å². The fourth-order valence-electron chi connectivity index (χ4n) is 0. The molecule has 0 rings (SSSR count). The molecule has 7 nitrogen and oxygen atoms in total. The topological polar surface area (TPSA) is 132 Å². The molecule has 4 N–H and O–H groups in total. The molecule has 0 aromatic carbocycles. The molecule has 1 unspecified atom stereocenters. The standard InChI is InChI=1S/C3H6O3.K.H2O4S.H/c1-2(4)3(5)6;;1-5(2,3)4;/h2,4H,1H3,(H,5,6);;(H2,1,2,3,4);. The zero-order chi connectivity index (χ0) is 9.65. The molecule has 0 aliphatic carbocycles. The van der Waals surface area contributed by atoms with E-state index in [-0.39, 0.29) is 51.4 Å². The van der Waals surface area contributed by atoms with Crippen molar-refractivity contribution in [2.24, 2.45) is 0 Å². The molecule has 0 aliphatic heterocycles. The van der Waals surface area contributed by atoms with Crippen molar-refractivity contribution in [3.63, 3.8) is 0 Å². The molecule has 0 heterocycles. The summed E-state index contributed by atoms with van der Waals surface area (Å²) in [6.45, 7) is 1.20. The van der Waals surface area contributed by atoms with Crippen LogP contribution < -0.4 is 0 Å². The van der Waals surface area contributed by atoms with Gasteiger partial charge < -0.3 is 10.2 Å².